The minimum atomic E-state index is 0. The zero-order valence-corrected chi connectivity index (χ0v) is 16.1. The van der Waals surface area contributed by atoms with E-state index in [1.807, 2.05) is 18.4 Å². The third-order valence-electron chi connectivity index (χ3n) is 5.20. The third kappa shape index (κ3) is 3.01. The maximum Gasteiger partial charge on any atom is 0.193 e. The molecule has 0 radical (unpaired) electrons. The number of likely N-dealkylation sites (tertiary alicyclic amines) is 1. The molecule has 3 saturated heterocycles. The van der Waals surface area contributed by atoms with Crippen LogP contribution in [-0.4, -0.2) is 49.7 Å². The van der Waals surface area contributed by atoms with Crippen molar-refractivity contribution in [3.8, 4) is 0 Å². The molecule has 0 aromatic carbocycles. The van der Waals surface area contributed by atoms with Crippen molar-refractivity contribution in [2.24, 2.45) is 16.8 Å². The Morgan fingerprint density at radius 2 is 2.09 bits per heavy atom. The molecule has 4 nitrogen and oxygen atoms in total. The van der Waals surface area contributed by atoms with Gasteiger partial charge in [-0.05, 0) is 30.7 Å². The van der Waals surface area contributed by atoms with E-state index in [1.165, 1.54) is 17.7 Å². The van der Waals surface area contributed by atoms with Gasteiger partial charge in [-0.15, -0.1) is 35.3 Å². The SMILES string of the molecule is CN=C(NCCc1cccs1)N1CC2C3CCC(O3)C2C1.I. The minimum absolute atomic E-state index is 0. The lowest BCUT2D eigenvalue weighted by atomic mass is 9.82. The zero-order valence-electron chi connectivity index (χ0n) is 12.9. The Bertz CT molecular complexity index is 503. The van der Waals surface area contributed by atoms with Gasteiger partial charge in [-0.2, -0.15) is 0 Å². The molecule has 2 bridgehead atoms. The maximum atomic E-state index is 6.05. The van der Waals surface area contributed by atoms with Crippen LogP contribution in [0.15, 0.2) is 22.5 Å². The number of aliphatic imine (C=N–C) groups is 1. The number of nitrogens with one attached hydrogen (secondary N) is 1. The first-order valence-electron chi connectivity index (χ1n) is 7.98. The molecule has 0 aliphatic carbocycles. The van der Waals surface area contributed by atoms with Crippen molar-refractivity contribution < 1.29 is 4.74 Å². The second-order valence-electron chi connectivity index (χ2n) is 6.33. The Morgan fingerprint density at radius 3 is 2.68 bits per heavy atom. The smallest absolute Gasteiger partial charge is 0.193 e. The number of thiophene rings is 1. The highest BCUT2D eigenvalue weighted by molar-refractivity contribution is 14.0. The van der Waals surface area contributed by atoms with Crippen molar-refractivity contribution in [2.45, 2.75) is 31.5 Å². The number of rotatable bonds is 3. The maximum absolute atomic E-state index is 6.05. The highest BCUT2D eigenvalue weighted by atomic mass is 127. The summed E-state index contributed by atoms with van der Waals surface area (Å²) in [5, 5.41) is 5.67. The Balaban J connectivity index is 0.00000144. The van der Waals surface area contributed by atoms with Crippen LogP contribution in [-0.2, 0) is 11.2 Å². The topological polar surface area (TPSA) is 36.9 Å². The Kier molecular flexibility index (Phi) is 5.29. The highest BCUT2D eigenvalue weighted by Crippen LogP contribution is 2.47. The molecule has 6 heteroatoms. The largest absolute Gasteiger partial charge is 0.374 e. The molecule has 0 saturated carbocycles. The number of halogens is 1. The van der Waals surface area contributed by atoms with Crippen LogP contribution < -0.4 is 5.32 Å². The average Bonchev–Trinajstić information content (AvgIpc) is 3.25. The predicted octanol–water partition coefficient (Wildman–Crippen LogP) is 2.59. The summed E-state index contributed by atoms with van der Waals surface area (Å²) in [5.41, 5.74) is 0. The molecule has 3 aliphatic heterocycles. The summed E-state index contributed by atoms with van der Waals surface area (Å²) in [6.45, 7) is 3.19. The van der Waals surface area contributed by atoms with Crippen LogP contribution >= 0.6 is 35.3 Å². The van der Waals surface area contributed by atoms with E-state index < -0.39 is 0 Å². The molecule has 22 heavy (non-hydrogen) atoms. The lowest BCUT2D eigenvalue weighted by molar-refractivity contribution is 0.0767. The Morgan fingerprint density at radius 1 is 1.36 bits per heavy atom. The fraction of sp³-hybridized carbons (Fsp3) is 0.688. The van der Waals surface area contributed by atoms with Gasteiger partial charge >= 0.3 is 0 Å². The standard InChI is InChI=1S/C16H23N3OS.HI/c1-17-16(18-7-6-11-3-2-8-21-11)19-9-12-13(10-19)15-5-4-14(12)20-15;/h2-3,8,12-15H,4-7,9-10H2,1H3,(H,17,18);1H. The number of ether oxygens (including phenoxy) is 1. The summed E-state index contributed by atoms with van der Waals surface area (Å²) in [4.78, 5) is 8.36. The van der Waals surface area contributed by atoms with Crippen molar-refractivity contribution in [1.82, 2.24) is 10.2 Å². The number of nitrogens with zero attached hydrogens (tertiary/aromatic N) is 2. The van der Waals surface area contributed by atoms with E-state index in [4.69, 9.17) is 4.74 Å². The van der Waals surface area contributed by atoms with E-state index in [0.29, 0.717) is 12.2 Å². The Labute approximate surface area is 153 Å². The molecule has 4 atom stereocenters. The predicted molar refractivity (Wildman–Crippen MR) is 101 cm³/mol. The van der Waals surface area contributed by atoms with Crippen LogP contribution in [0.2, 0.25) is 0 Å². The summed E-state index contributed by atoms with van der Waals surface area (Å²) in [6, 6.07) is 4.32. The summed E-state index contributed by atoms with van der Waals surface area (Å²) in [5.74, 6) is 2.54. The highest BCUT2D eigenvalue weighted by Gasteiger charge is 2.53. The molecule has 1 aromatic heterocycles. The molecule has 1 aromatic rings. The van der Waals surface area contributed by atoms with Gasteiger partial charge in [0, 0.05) is 43.4 Å². The van der Waals surface area contributed by atoms with Crippen molar-refractivity contribution in [1.29, 1.82) is 0 Å². The number of hydrogen-bond acceptors (Lipinski definition) is 3. The summed E-state index contributed by atoms with van der Waals surface area (Å²) < 4.78 is 6.05. The van der Waals surface area contributed by atoms with Gasteiger partial charge in [0.2, 0.25) is 0 Å². The molecular formula is C16H24IN3OS. The number of fused-ring (bicyclic) bond motifs is 5. The van der Waals surface area contributed by atoms with E-state index >= 15 is 0 Å². The van der Waals surface area contributed by atoms with E-state index in [-0.39, 0.29) is 24.0 Å². The quantitative estimate of drug-likeness (QED) is 0.453. The van der Waals surface area contributed by atoms with Gasteiger partial charge in [-0.3, -0.25) is 4.99 Å². The second kappa shape index (κ2) is 7.05. The first kappa shape index (κ1) is 16.5. The van der Waals surface area contributed by atoms with Crippen molar-refractivity contribution >= 4 is 41.3 Å². The molecule has 1 N–H and O–H groups in total. The van der Waals surface area contributed by atoms with Crippen LogP contribution in [0.3, 0.4) is 0 Å². The average molecular weight is 433 g/mol. The normalized spacial score (nSPS) is 33.0. The van der Waals surface area contributed by atoms with Gasteiger partial charge in [0.1, 0.15) is 0 Å². The van der Waals surface area contributed by atoms with Crippen LogP contribution in [0.1, 0.15) is 17.7 Å². The van der Waals surface area contributed by atoms with Crippen molar-refractivity contribution in [3.63, 3.8) is 0 Å². The van der Waals surface area contributed by atoms with Crippen molar-refractivity contribution in [3.05, 3.63) is 22.4 Å². The summed E-state index contributed by atoms with van der Waals surface area (Å²) in [7, 11) is 1.90. The first-order valence-corrected chi connectivity index (χ1v) is 8.86. The van der Waals surface area contributed by atoms with Gasteiger partial charge in [0.25, 0.3) is 0 Å². The van der Waals surface area contributed by atoms with E-state index in [9.17, 15) is 0 Å². The van der Waals surface area contributed by atoms with Gasteiger partial charge in [-0.25, -0.2) is 0 Å². The van der Waals surface area contributed by atoms with E-state index in [0.717, 1.165) is 43.9 Å². The molecule has 3 aliphatic rings. The van der Waals surface area contributed by atoms with Crippen LogP contribution in [0.5, 0.6) is 0 Å². The first-order chi connectivity index (χ1) is 10.3. The number of guanidine groups is 1. The molecule has 4 heterocycles. The summed E-state index contributed by atoms with van der Waals surface area (Å²) >= 11 is 1.83. The van der Waals surface area contributed by atoms with Crippen LogP contribution in [0.25, 0.3) is 0 Å². The molecule has 4 unspecified atom stereocenters. The van der Waals surface area contributed by atoms with E-state index in [2.05, 4.69) is 32.7 Å². The van der Waals surface area contributed by atoms with Gasteiger partial charge in [0.05, 0.1) is 12.2 Å². The molecule has 0 spiro atoms. The van der Waals surface area contributed by atoms with Crippen molar-refractivity contribution in [2.75, 3.05) is 26.7 Å². The third-order valence-corrected chi connectivity index (χ3v) is 6.13. The molecule has 122 valence electrons. The minimum Gasteiger partial charge on any atom is -0.374 e. The van der Waals surface area contributed by atoms with Gasteiger partial charge in [0.15, 0.2) is 5.96 Å². The molecule has 0 amide bonds. The van der Waals surface area contributed by atoms with Crippen LogP contribution in [0.4, 0.5) is 0 Å². The lowest BCUT2D eigenvalue weighted by Gasteiger charge is -2.23. The number of hydrogen-bond donors (Lipinski definition) is 1. The van der Waals surface area contributed by atoms with Gasteiger partial charge in [-0.1, -0.05) is 6.07 Å². The van der Waals surface area contributed by atoms with Crippen LogP contribution in [0, 0.1) is 11.8 Å². The lowest BCUT2D eigenvalue weighted by Crippen LogP contribution is -2.42. The zero-order chi connectivity index (χ0) is 14.2. The molecule has 3 fully saturated rings. The van der Waals surface area contributed by atoms with E-state index in [1.54, 1.807) is 0 Å². The Hall–Kier alpha value is -0.340. The molecule has 4 rings (SSSR count). The van der Waals surface area contributed by atoms with Gasteiger partial charge < -0.3 is 15.0 Å². The monoisotopic (exact) mass is 433 g/mol. The fourth-order valence-electron chi connectivity index (χ4n) is 4.22. The second-order valence-corrected chi connectivity index (χ2v) is 7.36. The fourth-order valence-corrected chi connectivity index (χ4v) is 4.93. The summed E-state index contributed by atoms with van der Waals surface area (Å²) in [6.07, 6.45) is 4.66. The molecular weight excluding hydrogens is 409 g/mol.